The number of fused-ring (bicyclic) bond motifs is 1. The molecule has 5 nitrogen and oxygen atoms in total. The van der Waals surface area contributed by atoms with E-state index in [1.54, 1.807) is 7.05 Å². The van der Waals surface area contributed by atoms with Gasteiger partial charge in [-0.1, -0.05) is 18.2 Å². The number of hydrogen-bond donors (Lipinski definition) is 3. The van der Waals surface area contributed by atoms with Gasteiger partial charge in [0.25, 0.3) is 0 Å². The molecule has 0 bridgehead atoms. The Hall–Kier alpha value is -2.14. The Balaban J connectivity index is 2.21. The first kappa shape index (κ1) is 12.3. The van der Waals surface area contributed by atoms with E-state index in [4.69, 9.17) is 0 Å². The molecule has 0 fully saturated rings. The van der Waals surface area contributed by atoms with Gasteiger partial charge in [-0.15, -0.1) is 0 Å². The first-order valence-corrected chi connectivity index (χ1v) is 5.72. The molecule has 0 saturated heterocycles. The van der Waals surface area contributed by atoms with E-state index in [2.05, 4.69) is 15.6 Å². The summed E-state index contributed by atoms with van der Waals surface area (Å²) in [5.41, 5.74) is 2.09. The van der Waals surface area contributed by atoms with Gasteiger partial charge in [0.2, 0.25) is 12.3 Å². The molecule has 1 unspecified atom stereocenters. The molecule has 0 spiro atoms. The van der Waals surface area contributed by atoms with Crippen LogP contribution in [0.5, 0.6) is 0 Å². The predicted molar refractivity (Wildman–Crippen MR) is 69.1 cm³/mol. The van der Waals surface area contributed by atoms with Gasteiger partial charge in [-0.3, -0.25) is 14.9 Å². The number of hydrogen-bond acceptors (Lipinski definition) is 3. The van der Waals surface area contributed by atoms with Crippen LogP contribution in [0.25, 0.3) is 10.9 Å². The molecule has 1 heterocycles. The Bertz CT molecular complexity index is 562. The van der Waals surface area contributed by atoms with Gasteiger partial charge in [0, 0.05) is 17.1 Å². The van der Waals surface area contributed by atoms with Crippen LogP contribution in [0.15, 0.2) is 30.5 Å². The van der Waals surface area contributed by atoms with Crippen molar-refractivity contribution in [2.75, 3.05) is 7.05 Å². The average Bonchev–Trinajstić information content (AvgIpc) is 2.79. The van der Waals surface area contributed by atoms with Crippen LogP contribution in [0.1, 0.15) is 5.56 Å². The topological polar surface area (TPSA) is 74.0 Å². The average molecular weight is 245 g/mol. The molecule has 18 heavy (non-hydrogen) atoms. The van der Waals surface area contributed by atoms with E-state index in [0.29, 0.717) is 12.8 Å². The molecule has 0 aliphatic rings. The summed E-state index contributed by atoms with van der Waals surface area (Å²) in [7, 11) is 1.70. The van der Waals surface area contributed by atoms with Crippen molar-refractivity contribution in [2.45, 2.75) is 12.5 Å². The molecule has 1 aromatic carbocycles. The Morgan fingerprint density at radius 1 is 1.44 bits per heavy atom. The van der Waals surface area contributed by atoms with Crippen LogP contribution in [0.2, 0.25) is 0 Å². The third-order valence-corrected chi connectivity index (χ3v) is 2.97. The van der Waals surface area contributed by atoms with Gasteiger partial charge in [-0.2, -0.15) is 0 Å². The van der Waals surface area contributed by atoms with E-state index in [1.165, 1.54) is 0 Å². The monoisotopic (exact) mass is 245 g/mol. The van der Waals surface area contributed by atoms with Crippen LogP contribution >= 0.6 is 0 Å². The summed E-state index contributed by atoms with van der Waals surface area (Å²) in [5.74, 6) is -0.321. The maximum atomic E-state index is 11.6. The number of benzene rings is 1. The highest BCUT2D eigenvalue weighted by Gasteiger charge is 2.17. The third-order valence-electron chi connectivity index (χ3n) is 2.97. The number of H-pyrrole nitrogens is 1. The number of amides is 2. The summed E-state index contributed by atoms with van der Waals surface area (Å²) in [6, 6.07) is 7.48. The highest BCUT2D eigenvalue weighted by atomic mass is 16.2. The molecule has 0 aliphatic carbocycles. The summed E-state index contributed by atoms with van der Waals surface area (Å²) in [6.07, 6.45) is 2.82. The molecule has 0 saturated carbocycles. The Morgan fingerprint density at radius 2 is 2.22 bits per heavy atom. The summed E-state index contributed by atoms with van der Waals surface area (Å²) in [6.45, 7) is 0. The normalized spacial score (nSPS) is 12.3. The molecule has 1 aromatic heterocycles. The van der Waals surface area contributed by atoms with Crippen LogP contribution in [0, 0.1) is 0 Å². The van der Waals surface area contributed by atoms with Crippen molar-refractivity contribution in [3.8, 4) is 0 Å². The van der Waals surface area contributed by atoms with Crippen LogP contribution in [0.4, 0.5) is 0 Å². The summed E-state index contributed by atoms with van der Waals surface area (Å²) >= 11 is 0. The quantitative estimate of drug-likeness (QED) is 0.674. The van der Waals surface area contributed by atoms with E-state index >= 15 is 0 Å². The Labute approximate surface area is 105 Å². The lowest BCUT2D eigenvalue weighted by Gasteiger charge is -2.13. The molecule has 2 aromatic rings. The van der Waals surface area contributed by atoms with E-state index in [9.17, 15) is 9.59 Å². The molecule has 0 radical (unpaired) electrons. The lowest BCUT2D eigenvalue weighted by molar-refractivity contribution is -0.126. The summed E-state index contributed by atoms with van der Waals surface area (Å²) < 4.78 is 0. The fraction of sp³-hybridized carbons (Fsp3) is 0.231. The minimum absolute atomic E-state index is 0.321. The lowest BCUT2D eigenvalue weighted by Crippen LogP contribution is -2.43. The smallest absolute Gasteiger partial charge is 0.243 e. The van der Waals surface area contributed by atoms with Crippen molar-refractivity contribution in [1.29, 1.82) is 0 Å². The van der Waals surface area contributed by atoms with Gasteiger partial charge >= 0.3 is 0 Å². The van der Waals surface area contributed by atoms with Crippen molar-refractivity contribution in [3.63, 3.8) is 0 Å². The lowest BCUT2D eigenvalue weighted by atomic mass is 10.0. The van der Waals surface area contributed by atoms with Crippen molar-refractivity contribution in [3.05, 3.63) is 36.0 Å². The fourth-order valence-electron chi connectivity index (χ4n) is 2.00. The van der Waals surface area contributed by atoms with E-state index in [-0.39, 0.29) is 5.91 Å². The van der Waals surface area contributed by atoms with Crippen LogP contribution in [-0.4, -0.2) is 30.4 Å². The van der Waals surface area contributed by atoms with Crippen LogP contribution < -0.4 is 10.6 Å². The van der Waals surface area contributed by atoms with Crippen molar-refractivity contribution >= 4 is 23.2 Å². The summed E-state index contributed by atoms with van der Waals surface area (Å²) in [5, 5.41) is 6.16. The summed E-state index contributed by atoms with van der Waals surface area (Å²) in [4.78, 5) is 25.1. The highest BCUT2D eigenvalue weighted by molar-refractivity contribution is 5.91. The molecular formula is C13H15N3O2. The zero-order valence-electron chi connectivity index (χ0n) is 10.1. The second-order valence-electron chi connectivity index (χ2n) is 4.03. The molecule has 5 heteroatoms. The molecule has 0 aliphatic heterocycles. The van der Waals surface area contributed by atoms with Crippen LogP contribution in [0.3, 0.4) is 0 Å². The van der Waals surface area contributed by atoms with Gasteiger partial charge in [0.1, 0.15) is 0 Å². The first-order chi connectivity index (χ1) is 8.76. The van der Waals surface area contributed by atoms with Gasteiger partial charge in [-0.25, -0.2) is 0 Å². The number of nitrogens with one attached hydrogen (secondary N) is 3. The first-order valence-electron chi connectivity index (χ1n) is 5.72. The van der Waals surface area contributed by atoms with Crippen molar-refractivity contribution in [2.24, 2.45) is 0 Å². The number of likely N-dealkylation sites (N-methyl/N-ethyl adjacent to an activating group) is 1. The number of carbonyl (C=O) groups is 2. The minimum Gasteiger partial charge on any atom is -0.361 e. The number of aromatic amines is 1. The molecule has 3 N–H and O–H groups in total. The SMILES string of the molecule is CNC(Cc1c[nH]c2ccccc12)C(=O)NC=O. The van der Waals surface area contributed by atoms with Crippen molar-refractivity contribution in [1.82, 2.24) is 15.6 Å². The maximum absolute atomic E-state index is 11.6. The maximum Gasteiger partial charge on any atom is 0.243 e. The van der Waals surface area contributed by atoms with E-state index in [0.717, 1.165) is 16.5 Å². The number of imide groups is 1. The van der Waals surface area contributed by atoms with Gasteiger partial charge in [0.15, 0.2) is 0 Å². The molecule has 94 valence electrons. The minimum atomic E-state index is -0.422. The fourth-order valence-corrected chi connectivity index (χ4v) is 2.00. The number of carbonyl (C=O) groups excluding carboxylic acids is 2. The molecule has 2 amide bonds. The number of para-hydroxylation sites is 1. The van der Waals surface area contributed by atoms with E-state index < -0.39 is 6.04 Å². The Morgan fingerprint density at radius 3 is 2.94 bits per heavy atom. The number of aromatic nitrogens is 1. The zero-order valence-corrected chi connectivity index (χ0v) is 10.1. The van der Waals surface area contributed by atoms with E-state index in [1.807, 2.05) is 30.5 Å². The van der Waals surface area contributed by atoms with Gasteiger partial charge in [-0.05, 0) is 25.1 Å². The number of rotatable bonds is 5. The molecular weight excluding hydrogens is 230 g/mol. The zero-order chi connectivity index (χ0) is 13.0. The predicted octanol–water partition coefficient (Wildman–Crippen LogP) is 0.571. The second-order valence-corrected chi connectivity index (χ2v) is 4.03. The second kappa shape index (κ2) is 5.46. The Kier molecular flexibility index (Phi) is 3.74. The van der Waals surface area contributed by atoms with Crippen LogP contribution in [-0.2, 0) is 16.0 Å². The van der Waals surface area contributed by atoms with Crippen molar-refractivity contribution < 1.29 is 9.59 Å². The van der Waals surface area contributed by atoms with Gasteiger partial charge in [0.05, 0.1) is 6.04 Å². The molecule has 1 atom stereocenters. The third kappa shape index (κ3) is 2.41. The standard InChI is InChI=1S/C13H15N3O2/c1-14-12(13(18)16-8-17)6-9-7-15-11-5-3-2-4-10(9)11/h2-5,7-8,12,14-15H,6H2,1H3,(H,16,17,18). The largest absolute Gasteiger partial charge is 0.361 e. The van der Waals surface area contributed by atoms with Gasteiger partial charge < -0.3 is 10.3 Å². The highest BCUT2D eigenvalue weighted by Crippen LogP contribution is 2.18. The molecule has 2 rings (SSSR count).